The minimum Gasteiger partial charge on any atom is -0.319 e. The van der Waals surface area contributed by atoms with E-state index in [-0.39, 0.29) is 11.9 Å². The number of urea groups is 1. The fourth-order valence-corrected chi connectivity index (χ4v) is 4.26. The molecule has 0 bridgehead atoms. The van der Waals surface area contributed by atoms with Crippen LogP contribution in [0.25, 0.3) is 0 Å². The van der Waals surface area contributed by atoms with Crippen LogP contribution in [0.15, 0.2) is 42.5 Å². The van der Waals surface area contributed by atoms with Crippen molar-refractivity contribution in [1.29, 1.82) is 0 Å². The Bertz CT molecular complexity index is 889. The molecule has 134 valence electrons. The lowest BCUT2D eigenvalue weighted by Crippen LogP contribution is -2.44. The number of hydrogen-bond donors (Lipinski definition) is 1. The number of fused-ring (bicyclic) bond motifs is 2. The standard InChI is InChI=1S/C22H24N2O2/c1-15-10-11-16(2)18(13-15)14-24-20(25)22(23-21(24)26)12-6-5-8-17-7-3-4-9-19(17)22/h3-4,7,9-11,13H,5-6,8,12,14H2,1-2H3,(H,23,26). The van der Waals surface area contributed by atoms with E-state index in [4.69, 9.17) is 0 Å². The number of rotatable bonds is 2. The first-order chi connectivity index (χ1) is 12.5. The molecule has 4 heteroatoms. The zero-order valence-corrected chi connectivity index (χ0v) is 15.3. The molecule has 1 saturated heterocycles. The summed E-state index contributed by atoms with van der Waals surface area (Å²) in [5.41, 5.74) is 4.49. The smallest absolute Gasteiger partial charge is 0.319 e. The fourth-order valence-electron chi connectivity index (χ4n) is 4.26. The van der Waals surface area contributed by atoms with Crippen LogP contribution < -0.4 is 5.32 Å². The van der Waals surface area contributed by atoms with Gasteiger partial charge in [0.05, 0.1) is 6.54 Å². The number of imide groups is 1. The second-order valence-corrected chi connectivity index (χ2v) is 7.52. The summed E-state index contributed by atoms with van der Waals surface area (Å²) in [5.74, 6) is -0.113. The van der Waals surface area contributed by atoms with Crippen LogP contribution in [-0.2, 0) is 23.3 Å². The zero-order valence-electron chi connectivity index (χ0n) is 15.3. The number of carbonyl (C=O) groups excluding carboxylic acids is 2. The number of nitrogens with one attached hydrogen (secondary N) is 1. The van der Waals surface area contributed by atoms with E-state index >= 15 is 0 Å². The largest absolute Gasteiger partial charge is 0.325 e. The molecule has 26 heavy (non-hydrogen) atoms. The highest BCUT2D eigenvalue weighted by Crippen LogP contribution is 2.39. The zero-order chi connectivity index (χ0) is 18.3. The van der Waals surface area contributed by atoms with E-state index < -0.39 is 5.54 Å². The van der Waals surface area contributed by atoms with Crippen molar-refractivity contribution >= 4 is 11.9 Å². The van der Waals surface area contributed by atoms with Crippen molar-refractivity contribution in [3.8, 4) is 0 Å². The van der Waals surface area contributed by atoms with Gasteiger partial charge in [-0.2, -0.15) is 0 Å². The maximum atomic E-state index is 13.5. The predicted molar refractivity (Wildman–Crippen MR) is 101 cm³/mol. The summed E-state index contributed by atoms with van der Waals surface area (Å²) in [5, 5.41) is 3.06. The Kier molecular flexibility index (Phi) is 4.06. The van der Waals surface area contributed by atoms with Crippen molar-refractivity contribution in [2.24, 2.45) is 0 Å². The van der Waals surface area contributed by atoms with E-state index in [9.17, 15) is 9.59 Å². The maximum Gasteiger partial charge on any atom is 0.325 e. The van der Waals surface area contributed by atoms with Gasteiger partial charge in [-0.3, -0.25) is 9.69 Å². The van der Waals surface area contributed by atoms with Gasteiger partial charge in [0, 0.05) is 0 Å². The maximum absolute atomic E-state index is 13.5. The van der Waals surface area contributed by atoms with Gasteiger partial charge in [-0.05, 0) is 61.8 Å². The van der Waals surface area contributed by atoms with E-state index in [0.29, 0.717) is 13.0 Å². The number of hydrogen-bond acceptors (Lipinski definition) is 2. The lowest BCUT2D eigenvalue weighted by atomic mass is 9.84. The van der Waals surface area contributed by atoms with Crippen molar-refractivity contribution in [2.75, 3.05) is 0 Å². The minimum absolute atomic E-state index is 0.113. The van der Waals surface area contributed by atoms with Crippen LogP contribution in [0.4, 0.5) is 4.79 Å². The average Bonchev–Trinajstić information content (AvgIpc) is 2.78. The van der Waals surface area contributed by atoms with Crippen LogP contribution in [0.3, 0.4) is 0 Å². The van der Waals surface area contributed by atoms with E-state index in [1.54, 1.807) is 0 Å². The van der Waals surface area contributed by atoms with Gasteiger partial charge < -0.3 is 5.32 Å². The van der Waals surface area contributed by atoms with E-state index in [2.05, 4.69) is 17.4 Å². The molecule has 1 heterocycles. The second kappa shape index (κ2) is 6.27. The molecule has 4 nitrogen and oxygen atoms in total. The Morgan fingerprint density at radius 3 is 2.73 bits per heavy atom. The molecule has 2 aromatic rings. The third-order valence-electron chi connectivity index (χ3n) is 5.73. The molecule has 1 fully saturated rings. The first-order valence-electron chi connectivity index (χ1n) is 9.30. The number of carbonyl (C=O) groups is 2. The molecule has 1 unspecified atom stereocenters. The molecule has 1 aliphatic heterocycles. The highest BCUT2D eigenvalue weighted by atomic mass is 16.2. The summed E-state index contributed by atoms with van der Waals surface area (Å²) in [6.07, 6.45) is 3.59. The van der Waals surface area contributed by atoms with Crippen molar-refractivity contribution in [1.82, 2.24) is 10.2 Å². The Morgan fingerprint density at radius 2 is 1.88 bits per heavy atom. The number of benzene rings is 2. The van der Waals surface area contributed by atoms with Gasteiger partial charge in [0.1, 0.15) is 5.54 Å². The van der Waals surface area contributed by atoms with Crippen LogP contribution in [0.1, 0.15) is 47.1 Å². The third kappa shape index (κ3) is 2.61. The third-order valence-corrected chi connectivity index (χ3v) is 5.73. The Morgan fingerprint density at radius 1 is 1.08 bits per heavy atom. The first-order valence-corrected chi connectivity index (χ1v) is 9.30. The highest BCUT2D eigenvalue weighted by molar-refractivity contribution is 6.07. The Balaban J connectivity index is 1.73. The van der Waals surface area contributed by atoms with Crippen molar-refractivity contribution in [3.63, 3.8) is 0 Å². The van der Waals surface area contributed by atoms with Crippen LogP contribution in [0.2, 0.25) is 0 Å². The highest BCUT2D eigenvalue weighted by Gasteiger charge is 2.53. The normalized spacial score (nSPS) is 22.3. The summed E-state index contributed by atoms with van der Waals surface area (Å²) in [7, 11) is 0. The topological polar surface area (TPSA) is 49.4 Å². The second-order valence-electron chi connectivity index (χ2n) is 7.52. The minimum atomic E-state index is -0.901. The Labute approximate surface area is 154 Å². The molecule has 4 rings (SSSR count). The molecule has 0 radical (unpaired) electrons. The van der Waals surface area contributed by atoms with Crippen molar-refractivity contribution in [2.45, 2.75) is 51.6 Å². The first kappa shape index (κ1) is 16.8. The van der Waals surface area contributed by atoms with E-state index in [0.717, 1.165) is 41.5 Å². The summed E-state index contributed by atoms with van der Waals surface area (Å²) >= 11 is 0. The van der Waals surface area contributed by atoms with Gasteiger partial charge in [0.2, 0.25) is 0 Å². The molecule has 1 atom stereocenters. The average molecular weight is 348 g/mol. The molecule has 0 saturated carbocycles. The molecule has 2 aliphatic rings. The molecule has 1 N–H and O–H groups in total. The van der Waals surface area contributed by atoms with Crippen LogP contribution in [0, 0.1) is 13.8 Å². The van der Waals surface area contributed by atoms with Gasteiger partial charge in [-0.15, -0.1) is 0 Å². The molecule has 2 aromatic carbocycles. The van der Waals surface area contributed by atoms with Gasteiger partial charge >= 0.3 is 6.03 Å². The number of aryl methyl sites for hydroxylation is 3. The van der Waals surface area contributed by atoms with E-state index in [1.807, 2.05) is 44.2 Å². The molecule has 0 aromatic heterocycles. The summed E-state index contributed by atoms with van der Waals surface area (Å²) in [6, 6.07) is 13.9. The van der Waals surface area contributed by atoms with Crippen LogP contribution in [-0.4, -0.2) is 16.8 Å². The Hall–Kier alpha value is -2.62. The quantitative estimate of drug-likeness (QED) is 0.835. The van der Waals surface area contributed by atoms with Crippen molar-refractivity contribution in [3.05, 3.63) is 70.3 Å². The number of amides is 3. The predicted octanol–water partition coefficient (Wildman–Crippen LogP) is 3.98. The SMILES string of the molecule is Cc1ccc(C)c(CN2C(=O)NC3(CCCCc4ccccc43)C2=O)c1. The molecular weight excluding hydrogens is 324 g/mol. The lowest BCUT2D eigenvalue weighted by Gasteiger charge is -2.27. The summed E-state index contributed by atoms with van der Waals surface area (Å²) in [6.45, 7) is 4.36. The van der Waals surface area contributed by atoms with Gasteiger partial charge in [-0.1, -0.05) is 48.0 Å². The van der Waals surface area contributed by atoms with E-state index in [1.165, 1.54) is 10.5 Å². The lowest BCUT2D eigenvalue weighted by molar-refractivity contribution is -0.132. The van der Waals surface area contributed by atoms with Crippen molar-refractivity contribution < 1.29 is 9.59 Å². The number of nitrogens with zero attached hydrogens (tertiary/aromatic N) is 1. The van der Waals surface area contributed by atoms with Gasteiger partial charge in [0.15, 0.2) is 0 Å². The molecule has 3 amide bonds. The summed E-state index contributed by atoms with van der Waals surface area (Å²) in [4.78, 5) is 27.6. The monoisotopic (exact) mass is 348 g/mol. The van der Waals surface area contributed by atoms with Gasteiger partial charge in [-0.25, -0.2) is 4.79 Å². The van der Waals surface area contributed by atoms with Gasteiger partial charge in [0.25, 0.3) is 5.91 Å². The van der Waals surface area contributed by atoms with Crippen LogP contribution in [0.5, 0.6) is 0 Å². The molecule has 1 aliphatic carbocycles. The fraction of sp³-hybridized carbons (Fsp3) is 0.364. The summed E-state index contributed by atoms with van der Waals surface area (Å²) < 4.78 is 0. The molecular formula is C22H24N2O2. The van der Waals surface area contributed by atoms with Crippen LogP contribution >= 0.6 is 0 Å². The molecule has 1 spiro atoms.